The summed E-state index contributed by atoms with van der Waals surface area (Å²) in [7, 11) is 0. The van der Waals surface area contributed by atoms with E-state index in [1.165, 1.54) is 6.26 Å². The van der Waals surface area contributed by atoms with E-state index in [0.717, 1.165) is 0 Å². The molecule has 0 aromatic carbocycles. The molecule has 0 saturated heterocycles. The van der Waals surface area contributed by atoms with E-state index in [4.69, 9.17) is 10.2 Å². The Labute approximate surface area is 92.0 Å². The molecule has 0 saturated carbocycles. The molecule has 16 heavy (non-hydrogen) atoms. The van der Waals surface area contributed by atoms with E-state index in [-0.39, 0.29) is 12.2 Å². The molecule has 84 valence electrons. The van der Waals surface area contributed by atoms with Crippen LogP contribution < -0.4 is 5.73 Å². The molecular formula is C10H12N4O2. The second kappa shape index (κ2) is 4.71. The molecule has 2 N–H and O–H groups in total. The molecule has 0 radical (unpaired) electrons. The second-order valence-electron chi connectivity index (χ2n) is 3.33. The van der Waals surface area contributed by atoms with Gasteiger partial charge in [0.05, 0.1) is 25.4 Å². The van der Waals surface area contributed by atoms with Gasteiger partial charge in [0.25, 0.3) is 0 Å². The molecule has 6 heteroatoms. The summed E-state index contributed by atoms with van der Waals surface area (Å²) >= 11 is 0. The SMILES string of the molecule is NCCn1cc(C(=O)Cc2ccco2)nn1. The van der Waals surface area contributed by atoms with Crippen LogP contribution in [0.15, 0.2) is 29.0 Å². The maximum Gasteiger partial charge on any atom is 0.192 e. The zero-order valence-electron chi connectivity index (χ0n) is 8.67. The number of nitrogens with two attached hydrogens (primary N) is 1. The van der Waals surface area contributed by atoms with E-state index < -0.39 is 0 Å². The fourth-order valence-electron chi connectivity index (χ4n) is 1.33. The highest BCUT2D eigenvalue weighted by Crippen LogP contribution is 2.05. The van der Waals surface area contributed by atoms with Crippen molar-refractivity contribution < 1.29 is 9.21 Å². The summed E-state index contributed by atoms with van der Waals surface area (Å²) in [4.78, 5) is 11.7. The molecule has 0 spiro atoms. The molecule has 2 aromatic heterocycles. The number of carbonyl (C=O) groups is 1. The van der Waals surface area contributed by atoms with Gasteiger partial charge in [-0.1, -0.05) is 5.21 Å². The zero-order chi connectivity index (χ0) is 11.4. The van der Waals surface area contributed by atoms with Gasteiger partial charge in [-0.3, -0.25) is 9.48 Å². The number of carbonyl (C=O) groups excluding carboxylic acids is 1. The Balaban J connectivity index is 2.03. The minimum atomic E-state index is -0.113. The molecule has 0 aliphatic rings. The molecule has 0 bridgehead atoms. The second-order valence-corrected chi connectivity index (χ2v) is 3.33. The number of furan rings is 1. The van der Waals surface area contributed by atoms with Gasteiger partial charge < -0.3 is 10.2 Å². The van der Waals surface area contributed by atoms with Crippen molar-refractivity contribution in [3.8, 4) is 0 Å². The largest absolute Gasteiger partial charge is 0.469 e. The highest BCUT2D eigenvalue weighted by atomic mass is 16.3. The van der Waals surface area contributed by atoms with Crippen LogP contribution in [0, 0.1) is 0 Å². The molecule has 0 aliphatic heterocycles. The van der Waals surface area contributed by atoms with Gasteiger partial charge in [-0.25, -0.2) is 0 Å². The van der Waals surface area contributed by atoms with Crippen molar-refractivity contribution in [1.29, 1.82) is 0 Å². The third kappa shape index (κ3) is 2.34. The van der Waals surface area contributed by atoms with E-state index >= 15 is 0 Å². The zero-order valence-corrected chi connectivity index (χ0v) is 8.67. The van der Waals surface area contributed by atoms with Gasteiger partial charge in [-0.2, -0.15) is 0 Å². The van der Waals surface area contributed by atoms with Crippen molar-refractivity contribution in [2.75, 3.05) is 6.54 Å². The van der Waals surface area contributed by atoms with Crippen LogP contribution in [0.2, 0.25) is 0 Å². The van der Waals surface area contributed by atoms with Gasteiger partial charge in [0, 0.05) is 6.54 Å². The topological polar surface area (TPSA) is 86.9 Å². The summed E-state index contributed by atoms with van der Waals surface area (Å²) in [5.41, 5.74) is 5.70. The van der Waals surface area contributed by atoms with Crippen molar-refractivity contribution in [2.24, 2.45) is 5.73 Å². The molecule has 2 rings (SSSR count). The quantitative estimate of drug-likeness (QED) is 0.730. The van der Waals surface area contributed by atoms with Gasteiger partial charge in [0.2, 0.25) is 0 Å². The summed E-state index contributed by atoms with van der Waals surface area (Å²) in [5.74, 6) is 0.511. The Morgan fingerprint density at radius 2 is 2.44 bits per heavy atom. The van der Waals surface area contributed by atoms with Crippen molar-refractivity contribution in [3.63, 3.8) is 0 Å². The number of Topliss-reactive ketones (excluding diaryl/α,β-unsaturated/α-hetero) is 1. The lowest BCUT2D eigenvalue weighted by Gasteiger charge is -1.93. The van der Waals surface area contributed by atoms with Crippen molar-refractivity contribution in [2.45, 2.75) is 13.0 Å². The highest BCUT2D eigenvalue weighted by Gasteiger charge is 2.12. The average Bonchev–Trinajstić information content (AvgIpc) is 2.89. The number of hydrogen-bond donors (Lipinski definition) is 1. The molecule has 0 unspecified atom stereocenters. The first-order valence-corrected chi connectivity index (χ1v) is 4.95. The Morgan fingerprint density at radius 3 is 3.12 bits per heavy atom. The molecule has 0 atom stereocenters. The normalized spacial score (nSPS) is 10.6. The Kier molecular flexibility index (Phi) is 3.11. The van der Waals surface area contributed by atoms with Crippen molar-refractivity contribution >= 4 is 5.78 Å². The van der Waals surface area contributed by atoms with E-state index in [9.17, 15) is 4.79 Å². The Bertz CT molecular complexity index is 461. The number of hydrogen-bond acceptors (Lipinski definition) is 5. The molecule has 2 aromatic rings. The van der Waals surface area contributed by atoms with Crippen LogP contribution in [0.5, 0.6) is 0 Å². The number of nitrogens with zero attached hydrogens (tertiary/aromatic N) is 3. The summed E-state index contributed by atoms with van der Waals surface area (Å²) < 4.78 is 6.64. The lowest BCUT2D eigenvalue weighted by Crippen LogP contribution is -2.10. The minimum Gasteiger partial charge on any atom is -0.469 e. The van der Waals surface area contributed by atoms with Crippen LogP contribution in [0.4, 0.5) is 0 Å². The van der Waals surface area contributed by atoms with Crippen LogP contribution in [0.25, 0.3) is 0 Å². The predicted molar refractivity (Wildman–Crippen MR) is 55.8 cm³/mol. The first kappa shape index (κ1) is 10.6. The van der Waals surface area contributed by atoms with E-state index in [1.54, 1.807) is 23.0 Å². The molecule has 0 amide bonds. The first-order chi connectivity index (χ1) is 7.79. The van der Waals surface area contributed by atoms with Crippen LogP contribution >= 0.6 is 0 Å². The monoisotopic (exact) mass is 220 g/mol. The minimum absolute atomic E-state index is 0.113. The van der Waals surface area contributed by atoms with Gasteiger partial charge in [-0.15, -0.1) is 5.10 Å². The number of aromatic nitrogens is 3. The molecule has 6 nitrogen and oxygen atoms in total. The van der Waals surface area contributed by atoms with E-state index in [1.807, 2.05) is 0 Å². The van der Waals surface area contributed by atoms with Crippen LogP contribution in [0.1, 0.15) is 16.2 Å². The summed E-state index contributed by atoms with van der Waals surface area (Å²) in [6.07, 6.45) is 3.33. The molecule has 2 heterocycles. The van der Waals surface area contributed by atoms with Crippen molar-refractivity contribution in [1.82, 2.24) is 15.0 Å². The highest BCUT2D eigenvalue weighted by molar-refractivity contribution is 5.95. The first-order valence-electron chi connectivity index (χ1n) is 4.95. The predicted octanol–water partition coefficient (Wildman–Crippen LogP) is 0.255. The maximum absolute atomic E-state index is 11.7. The Morgan fingerprint density at radius 1 is 1.56 bits per heavy atom. The lowest BCUT2D eigenvalue weighted by molar-refractivity contribution is 0.0982. The third-order valence-corrected chi connectivity index (χ3v) is 2.10. The third-order valence-electron chi connectivity index (χ3n) is 2.10. The number of rotatable bonds is 5. The van der Waals surface area contributed by atoms with E-state index in [0.29, 0.717) is 24.5 Å². The molecular weight excluding hydrogens is 208 g/mol. The van der Waals surface area contributed by atoms with Gasteiger partial charge in [0.1, 0.15) is 11.5 Å². The maximum atomic E-state index is 11.7. The van der Waals surface area contributed by atoms with Crippen LogP contribution in [-0.2, 0) is 13.0 Å². The Hall–Kier alpha value is -1.95. The number of ketones is 1. The fraction of sp³-hybridized carbons (Fsp3) is 0.300. The van der Waals surface area contributed by atoms with Crippen LogP contribution in [-0.4, -0.2) is 27.3 Å². The van der Waals surface area contributed by atoms with E-state index in [2.05, 4.69) is 10.3 Å². The van der Waals surface area contributed by atoms with Crippen molar-refractivity contribution in [3.05, 3.63) is 36.0 Å². The summed E-state index contributed by atoms with van der Waals surface area (Å²) in [6.45, 7) is 1.02. The van der Waals surface area contributed by atoms with Gasteiger partial charge in [0.15, 0.2) is 5.78 Å². The molecule has 0 fully saturated rings. The summed E-state index contributed by atoms with van der Waals surface area (Å²) in [6, 6.07) is 3.50. The smallest absolute Gasteiger partial charge is 0.192 e. The van der Waals surface area contributed by atoms with Gasteiger partial charge >= 0.3 is 0 Å². The van der Waals surface area contributed by atoms with Gasteiger partial charge in [-0.05, 0) is 12.1 Å². The van der Waals surface area contributed by atoms with Crippen LogP contribution in [0.3, 0.4) is 0 Å². The lowest BCUT2D eigenvalue weighted by atomic mass is 10.2. The fourth-order valence-corrected chi connectivity index (χ4v) is 1.33. The summed E-state index contributed by atoms with van der Waals surface area (Å²) in [5, 5.41) is 7.57. The average molecular weight is 220 g/mol. The standard InChI is InChI=1S/C10H12N4O2/c11-3-4-14-7-9(12-13-14)10(15)6-8-2-1-5-16-8/h1-2,5,7H,3-4,6,11H2. The molecule has 0 aliphatic carbocycles.